The summed E-state index contributed by atoms with van der Waals surface area (Å²) in [6.45, 7) is 0. The van der Waals surface area contributed by atoms with Gasteiger partial charge in [0.2, 0.25) is 0 Å². The van der Waals surface area contributed by atoms with Gasteiger partial charge in [-0.25, -0.2) is 4.39 Å². The highest BCUT2D eigenvalue weighted by molar-refractivity contribution is 9.10. The van der Waals surface area contributed by atoms with Gasteiger partial charge in [-0.3, -0.25) is 0 Å². The summed E-state index contributed by atoms with van der Waals surface area (Å²) in [5, 5.41) is 6.80. The third-order valence-electron chi connectivity index (χ3n) is 3.63. The molecule has 0 fully saturated rings. The Labute approximate surface area is 135 Å². The van der Waals surface area contributed by atoms with Gasteiger partial charge >= 0.3 is 0 Å². The Hall–Kier alpha value is -1.23. The maximum Gasteiger partial charge on any atom is 0.123 e. The third kappa shape index (κ3) is 3.03. The SMILES string of the molecule is CNC(Cc1cccc(F)c1)c1csc2c(Br)cccc12. The van der Waals surface area contributed by atoms with Crippen molar-refractivity contribution >= 4 is 37.4 Å². The molecule has 0 radical (unpaired) electrons. The van der Waals surface area contributed by atoms with Crippen LogP contribution in [0, 0.1) is 5.82 Å². The van der Waals surface area contributed by atoms with E-state index in [0.717, 1.165) is 16.5 Å². The van der Waals surface area contributed by atoms with Crippen molar-refractivity contribution in [2.24, 2.45) is 0 Å². The van der Waals surface area contributed by atoms with Crippen molar-refractivity contribution in [3.05, 3.63) is 69.3 Å². The number of rotatable bonds is 4. The number of nitrogens with one attached hydrogen (secondary N) is 1. The van der Waals surface area contributed by atoms with E-state index in [1.54, 1.807) is 23.5 Å². The van der Waals surface area contributed by atoms with E-state index in [1.807, 2.05) is 13.1 Å². The molecule has 2 aromatic carbocycles. The third-order valence-corrected chi connectivity index (χ3v) is 5.61. The lowest BCUT2D eigenvalue weighted by Crippen LogP contribution is -2.18. The predicted octanol–water partition coefficient (Wildman–Crippen LogP) is 5.31. The number of halogens is 2. The van der Waals surface area contributed by atoms with Crippen molar-refractivity contribution in [1.29, 1.82) is 0 Å². The summed E-state index contributed by atoms with van der Waals surface area (Å²) >= 11 is 5.34. The van der Waals surface area contributed by atoms with E-state index in [4.69, 9.17) is 0 Å². The van der Waals surface area contributed by atoms with Gasteiger partial charge in [0.15, 0.2) is 0 Å². The van der Waals surface area contributed by atoms with Crippen LogP contribution in [-0.4, -0.2) is 7.05 Å². The first kappa shape index (κ1) is 14.7. The highest BCUT2D eigenvalue weighted by Crippen LogP contribution is 2.36. The van der Waals surface area contributed by atoms with Gasteiger partial charge in [0, 0.05) is 15.2 Å². The summed E-state index contributed by atoms with van der Waals surface area (Å²) in [4.78, 5) is 0. The molecule has 1 nitrogen and oxygen atoms in total. The van der Waals surface area contributed by atoms with E-state index in [2.05, 4.69) is 44.8 Å². The molecule has 0 bridgehead atoms. The zero-order valence-electron chi connectivity index (χ0n) is 11.6. The molecule has 1 heterocycles. The summed E-state index contributed by atoms with van der Waals surface area (Å²) < 4.78 is 15.7. The van der Waals surface area contributed by atoms with Gasteiger partial charge in [0.25, 0.3) is 0 Å². The van der Waals surface area contributed by atoms with E-state index < -0.39 is 0 Å². The van der Waals surface area contributed by atoms with Crippen molar-refractivity contribution in [3.63, 3.8) is 0 Å². The van der Waals surface area contributed by atoms with Gasteiger partial charge in [-0.2, -0.15) is 0 Å². The van der Waals surface area contributed by atoms with Crippen molar-refractivity contribution in [2.75, 3.05) is 7.05 Å². The van der Waals surface area contributed by atoms with Gasteiger partial charge < -0.3 is 5.32 Å². The second-order valence-corrected chi connectivity index (χ2v) is 6.72. The molecule has 0 saturated carbocycles. The Morgan fingerprint density at radius 2 is 2.05 bits per heavy atom. The maximum absolute atomic E-state index is 13.3. The molecule has 1 unspecified atom stereocenters. The first-order valence-electron chi connectivity index (χ1n) is 6.76. The molecule has 0 saturated heterocycles. The largest absolute Gasteiger partial charge is 0.313 e. The fraction of sp³-hybridized carbons (Fsp3) is 0.176. The molecule has 1 atom stereocenters. The van der Waals surface area contributed by atoms with Crippen LogP contribution in [-0.2, 0) is 6.42 Å². The van der Waals surface area contributed by atoms with Crippen LogP contribution in [0.5, 0.6) is 0 Å². The topological polar surface area (TPSA) is 12.0 Å². The van der Waals surface area contributed by atoms with Crippen LogP contribution < -0.4 is 5.32 Å². The molecular weight excluding hydrogens is 349 g/mol. The van der Waals surface area contributed by atoms with Crippen molar-refractivity contribution < 1.29 is 4.39 Å². The molecular formula is C17H15BrFNS. The molecule has 0 aliphatic carbocycles. The normalized spacial score (nSPS) is 12.7. The minimum Gasteiger partial charge on any atom is -0.313 e. The van der Waals surface area contributed by atoms with Crippen LogP contribution in [0.3, 0.4) is 0 Å². The van der Waals surface area contributed by atoms with Crippen LogP contribution in [0.15, 0.2) is 52.3 Å². The van der Waals surface area contributed by atoms with Gasteiger partial charge in [-0.1, -0.05) is 24.3 Å². The average molecular weight is 364 g/mol. The fourth-order valence-corrected chi connectivity index (χ4v) is 4.25. The summed E-state index contributed by atoms with van der Waals surface area (Å²) in [6, 6.07) is 13.2. The molecule has 0 spiro atoms. The lowest BCUT2D eigenvalue weighted by molar-refractivity contribution is 0.588. The quantitative estimate of drug-likeness (QED) is 0.662. The molecule has 1 N–H and O–H groups in total. The second-order valence-electron chi connectivity index (χ2n) is 4.98. The van der Waals surface area contributed by atoms with Crippen LogP contribution in [0.1, 0.15) is 17.2 Å². The lowest BCUT2D eigenvalue weighted by Gasteiger charge is -2.16. The smallest absolute Gasteiger partial charge is 0.123 e. The molecule has 21 heavy (non-hydrogen) atoms. The number of benzene rings is 2. The maximum atomic E-state index is 13.3. The zero-order chi connectivity index (χ0) is 14.8. The monoisotopic (exact) mass is 363 g/mol. The highest BCUT2D eigenvalue weighted by Gasteiger charge is 2.16. The summed E-state index contributed by atoms with van der Waals surface area (Å²) in [5.74, 6) is -0.180. The number of likely N-dealkylation sites (N-methyl/N-ethyl adjacent to an activating group) is 1. The first-order valence-corrected chi connectivity index (χ1v) is 8.43. The van der Waals surface area contributed by atoms with E-state index >= 15 is 0 Å². The van der Waals surface area contributed by atoms with E-state index in [0.29, 0.717) is 0 Å². The molecule has 0 aliphatic heterocycles. The molecule has 1 aromatic heterocycles. The minimum atomic E-state index is -0.180. The predicted molar refractivity (Wildman–Crippen MR) is 91.4 cm³/mol. The second kappa shape index (κ2) is 6.26. The molecule has 3 aromatic rings. The van der Waals surface area contributed by atoms with Crippen molar-refractivity contribution in [1.82, 2.24) is 5.32 Å². The summed E-state index contributed by atoms with van der Waals surface area (Å²) in [6.07, 6.45) is 0.770. The first-order chi connectivity index (χ1) is 10.2. The minimum absolute atomic E-state index is 0.176. The Morgan fingerprint density at radius 1 is 1.24 bits per heavy atom. The van der Waals surface area contributed by atoms with E-state index in [1.165, 1.54) is 21.7 Å². The highest BCUT2D eigenvalue weighted by atomic mass is 79.9. The van der Waals surface area contributed by atoms with Crippen molar-refractivity contribution in [3.8, 4) is 0 Å². The van der Waals surface area contributed by atoms with Crippen LogP contribution >= 0.6 is 27.3 Å². The number of thiophene rings is 1. The zero-order valence-corrected chi connectivity index (χ0v) is 14.0. The summed E-state index contributed by atoms with van der Waals surface area (Å²) in [7, 11) is 1.95. The number of hydrogen-bond acceptors (Lipinski definition) is 2. The summed E-state index contributed by atoms with van der Waals surface area (Å²) in [5.41, 5.74) is 2.27. The number of hydrogen-bond donors (Lipinski definition) is 1. The van der Waals surface area contributed by atoms with E-state index in [9.17, 15) is 4.39 Å². The molecule has 0 amide bonds. The lowest BCUT2D eigenvalue weighted by atomic mass is 9.98. The Kier molecular flexibility index (Phi) is 4.38. The standard InChI is InChI=1S/C17H15BrFNS/c1-20-16(9-11-4-2-5-12(19)8-11)14-10-21-17-13(14)6-3-7-15(17)18/h2-8,10,16,20H,9H2,1H3. The fourth-order valence-electron chi connectivity index (χ4n) is 2.58. The van der Waals surface area contributed by atoms with Crippen LogP contribution in [0.25, 0.3) is 10.1 Å². The van der Waals surface area contributed by atoms with Gasteiger partial charge in [-0.15, -0.1) is 11.3 Å². The van der Waals surface area contributed by atoms with Gasteiger partial charge in [0.1, 0.15) is 5.82 Å². The van der Waals surface area contributed by atoms with Crippen LogP contribution in [0.2, 0.25) is 0 Å². The van der Waals surface area contributed by atoms with Crippen molar-refractivity contribution in [2.45, 2.75) is 12.5 Å². The van der Waals surface area contributed by atoms with E-state index in [-0.39, 0.29) is 11.9 Å². The van der Waals surface area contributed by atoms with Crippen LogP contribution in [0.4, 0.5) is 4.39 Å². The van der Waals surface area contributed by atoms with Gasteiger partial charge in [-0.05, 0) is 69.5 Å². The van der Waals surface area contributed by atoms with Gasteiger partial charge in [0.05, 0.1) is 0 Å². The molecule has 4 heteroatoms. The Balaban J connectivity index is 1.97. The average Bonchev–Trinajstić information content (AvgIpc) is 2.90. The Bertz CT molecular complexity index is 768. The molecule has 0 aliphatic rings. The molecule has 3 rings (SSSR count). The Morgan fingerprint density at radius 3 is 2.81 bits per heavy atom. The molecule has 108 valence electrons. The number of fused-ring (bicyclic) bond motifs is 1.